The van der Waals surface area contributed by atoms with Gasteiger partial charge in [0.1, 0.15) is 0 Å². The number of carbonyl (C=O) groups excluding carboxylic acids is 1. The van der Waals surface area contributed by atoms with E-state index in [1.165, 1.54) is 12.8 Å². The third-order valence-electron chi connectivity index (χ3n) is 2.43. The summed E-state index contributed by atoms with van der Waals surface area (Å²) in [5, 5.41) is 2.69. The van der Waals surface area contributed by atoms with Crippen molar-refractivity contribution in [3.05, 3.63) is 12.8 Å². The molecule has 0 aromatic rings. The van der Waals surface area contributed by atoms with Crippen molar-refractivity contribution < 1.29 is 4.79 Å². The van der Waals surface area contributed by atoms with Crippen molar-refractivity contribution in [2.45, 2.75) is 26.7 Å². The second-order valence-corrected chi connectivity index (χ2v) is 3.68. The number of hydrogen-bond donors (Lipinski definition) is 1. The zero-order valence-corrected chi connectivity index (χ0v) is 9.55. The van der Waals surface area contributed by atoms with E-state index >= 15 is 0 Å². The number of carbonyl (C=O) groups is 1. The van der Waals surface area contributed by atoms with Gasteiger partial charge >= 0.3 is 0 Å². The molecular weight excluding hydrogens is 176 g/mol. The number of piperidine rings is 1. The van der Waals surface area contributed by atoms with Gasteiger partial charge in [0, 0.05) is 27.1 Å². The number of rotatable bonds is 1. The number of nitrogens with one attached hydrogen (secondary N) is 1. The van der Waals surface area contributed by atoms with E-state index in [0.29, 0.717) is 0 Å². The Morgan fingerprint density at radius 3 is 2.21 bits per heavy atom. The van der Waals surface area contributed by atoms with Gasteiger partial charge in [-0.1, -0.05) is 13.5 Å². The van der Waals surface area contributed by atoms with Gasteiger partial charge in [0.15, 0.2) is 0 Å². The molecule has 3 heteroatoms. The zero-order valence-electron chi connectivity index (χ0n) is 9.55. The molecule has 0 aromatic carbocycles. The van der Waals surface area contributed by atoms with Crippen LogP contribution in [0.2, 0.25) is 0 Å². The van der Waals surface area contributed by atoms with Crippen molar-refractivity contribution in [1.82, 2.24) is 10.2 Å². The van der Waals surface area contributed by atoms with Crippen LogP contribution in [0.1, 0.15) is 26.7 Å². The SMILES string of the molecule is C=CNC.CC(=O)N1CCC(C)CC1. The minimum atomic E-state index is 0.229. The maximum absolute atomic E-state index is 10.8. The molecule has 1 aliphatic rings. The van der Waals surface area contributed by atoms with Gasteiger partial charge in [-0.2, -0.15) is 0 Å². The van der Waals surface area contributed by atoms with Crippen LogP contribution < -0.4 is 5.32 Å². The van der Waals surface area contributed by atoms with Crippen molar-refractivity contribution in [2.24, 2.45) is 5.92 Å². The highest BCUT2D eigenvalue weighted by Crippen LogP contribution is 2.15. The van der Waals surface area contributed by atoms with Gasteiger partial charge in [0.25, 0.3) is 0 Å². The third-order valence-corrected chi connectivity index (χ3v) is 2.43. The Bertz CT molecular complexity index is 172. The number of hydrogen-bond acceptors (Lipinski definition) is 2. The summed E-state index contributed by atoms with van der Waals surface area (Å²) in [6.45, 7) is 9.20. The van der Waals surface area contributed by atoms with E-state index in [0.717, 1.165) is 19.0 Å². The lowest BCUT2D eigenvalue weighted by atomic mass is 9.99. The Balaban J connectivity index is 0.000000364. The summed E-state index contributed by atoms with van der Waals surface area (Å²) in [4.78, 5) is 12.8. The predicted octanol–water partition coefficient (Wildman–Crippen LogP) is 1.61. The average molecular weight is 198 g/mol. The molecule has 1 rings (SSSR count). The molecule has 1 N–H and O–H groups in total. The molecule has 14 heavy (non-hydrogen) atoms. The molecule has 1 amide bonds. The normalized spacial score (nSPS) is 16.6. The molecule has 1 fully saturated rings. The fourth-order valence-corrected chi connectivity index (χ4v) is 1.32. The van der Waals surface area contributed by atoms with E-state index in [1.54, 1.807) is 13.1 Å². The molecule has 0 bridgehead atoms. The molecule has 1 aliphatic heterocycles. The van der Waals surface area contributed by atoms with Gasteiger partial charge in [-0.05, 0) is 25.0 Å². The Hall–Kier alpha value is -0.990. The van der Waals surface area contributed by atoms with E-state index in [-0.39, 0.29) is 5.91 Å². The number of likely N-dealkylation sites (tertiary alicyclic amines) is 1. The highest BCUT2D eigenvalue weighted by atomic mass is 16.2. The molecule has 0 aliphatic carbocycles. The maximum atomic E-state index is 10.8. The molecule has 0 atom stereocenters. The van der Waals surface area contributed by atoms with Crippen LogP contribution in [-0.4, -0.2) is 30.9 Å². The van der Waals surface area contributed by atoms with E-state index < -0.39 is 0 Å². The molecule has 82 valence electrons. The van der Waals surface area contributed by atoms with Crippen molar-refractivity contribution >= 4 is 5.91 Å². The highest BCUT2D eigenvalue weighted by Gasteiger charge is 2.16. The lowest BCUT2D eigenvalue weighted by Gasteiger charge is -2.29. The lowest BCUT2D eigenvalue weighted by molar-refractivity contribution is -0.130. The maximum Gasteiger partial charge on any atom is 0.219 e. The van der Waals surface area contributed by atoms with Crippen molar-refractivity contribution in [3.8, 4) is 0 Å². The van der Waals surface area contributed by atoms with Gasteiger partial charge in [0.05, 0.1) is 0 Å². The van der Waals surface area contributed by atoms with Crippen LogP contribution >= 0.6 is 0 Å². The Kier molecular flexibility index (Phi) is 6.89. The summed E-state index contributed by atoms with van der Waals surface area (Å²) in [5.41, 5.74) is 0. The molecule has 0 saturated carbocycles. The van der Waals surface area contributed by atoms with Crippen LogP contribution in [0.5, 0.6) is 0 Å². The van der Waals surface area contributed by atoms with Gasteiger partial charge in [0.2, 0.25) is 5.91 Å². The molecule has 0 radical (unpaired) electrons. The first-order valence-corrected chi connectivity index (χ1v) is 5.15. The molecule has 0 aromatic heterocycles. The third kappa shape index (κ3) is 5.62. The van der Waals surface area contributed by atoms with E-state index in [9.17, 15) is 4.79 Å². The second kappa shape index (κ2) is 7.42. The fraction of sp³-hybridized carbons (Fsp3) is 0.727. The zero-order chi connectivity index (χ0) is 11.0. The largest absolute Gasteiger partial charge is 0.394 e. The minimum absolute atomic E-state index is 0.229. The van der Waals surface area contributed by atoms with Gasteiger partial charge in [-0.3, -0.25) is 4.79 Å². The number of amides is 1. The molecule has 3 nitrogen and oxygen atoms in total. The van der Waals surface area contributed by atoms with Crippen LogP contribution in [0.3, 0.4) is 0 Å². The first-order chi connectivity index (χ1) is 6.61. The smallest absolute Gasteiger partial charge is 0.219 e. The van der Waals surface area contributed by atoms with E-state index in [2.05, 4.69) is 18.8 Å². The Labute approximate surface area is 87.2 Å². The van der Waals surface area contributed by atoms with Crippen LogP contribution in [-0.2, 0) is 4.79 Å². The average Bonchev–Trinajstić information content (AvgIpc) is 2.19. The predicted molar refractivity (Wildman–Crippen MR) is 59.9 cm³/mol. The second-order valence-electron chi connectivity index (χ2n) is 3.68. The minimum Gasteiger partial charge on any atom is -0.394 e. The molecular formula is C11H22N2O. The van der Waals surface area contributed by atoms with Gasteiger partial charge in [-0.25, -0.2) is 0 Å². The molecule has 0 spiro atoms. The first-order valence-electron chi connectivity index (χ1n) is 5.15. The van der Waals surface area contributed by atoms with Crippen LogP contribution in [0.15, 0.2) is 12.8 Å². The van der Waals surface area contributed by atoms with E-state index in [1.807, 2.05) is 11.9 Å². The molecule has 1 saturated heterocycles. The quantitative estimate of drug-likeness (QED) is 0.694. The Morgan fingerprint density at radius 1 is 1.50 bits per heavy atom. The van der Waals surface area contributed by atoms with Crippen LogP contribution in [0.4, 0.5) is 0 Å². The number of nitrogens with zero attached hydrogens (tertiary/aromatic N) is 1. The van der Waals surface area contributed by atoms with E-state index in [4.69, 9.17) is 0 Å². The summed E-state index contributed by atoms with van der Waals surface area (Å²) in [7, 11) is 1.81. The summed E-state index contributed by atoms with van der Waals surface area (Å²) in [5.74, 6) is 1.04. The first kappa shape index (κ1) is 13.0. The van der Waals surface area contributed by atoms with Crippen molar-refractivity contribution in [2.75, 3.05) is 20.1 Å². The summed E-state index contributed by atoms with van der Waals surface area (Å²) in [6, 6.07) is 0. The summed E-state index contributed by atoms with van der Waals surface area (Å²) >= 11 is 0. The van der Waals surface area contributed by atoms with Gasteiger partial charge < -0.3 is 10.2 Å². The molecule has 0 unspecified atom stereocenters. The van der Waals surface area contributed by atoms with Crippen LogP contribution in [0, 0.1) is 5.92 Å². The van der Waals surface area contributed by atoms with Crippen molar-refractivity contribution in [3.63, 3.8) is 0 Å². The Morgan fingerprint density at radius 2 is 1.93 bits per heavy atom. The highest BCUT2D eigenvalue weighted by molar-refractivity contribution is 5.73. The summed E-state index contributed by atoms with van der Waals surface area (Å²) < 4.78 is 0. The molecule has 1 heterocycles. The van der Waals surface area contributed by atoms with Gasteiger partial charge in [-0.15, -0.1) is 0 Å². The summed E-state index contributed by atoms with van der Waals surface area (Å²) in [6.07, 6.45) is 3.99. The lowest BCUT2D eigenvalue weighted by Crippen LogP contribution is -2.36. The monoisotopic (exact) mass is 198 g/mol. The van der Waals surface area contributed by atoms with Crippen molar-refractivity contribution in [1.29, 1.82) is 0 Å². The topological polar surface area (TPSA) is 32.3 Å². The standard InChI is InChI=1S/C8H15NO.C3H7N/c1-7-3-5-9(6-4-7)8(2)10;1-3-4-2/h7H,3-6H2,1-2H3;3-4H,1H2,2H3. The fourth-order valence-electron chi connectivity index (χ4n) is 1.32. The van der Waals surface area contributed by atoms with Crippen LogP contribution in [0.25, 0.3) is 0 Å².